The van der Waals surface area contributed by atoms with Crippen LogP contribution in [0.2, 0.25) is 0 Å². The summed E-state index contributed by atoms with van der Waals surface area (Å²) in [5.74, 6) is -18.2. The van der Waals surface area contributed by atoms with Gasteiger partial charge in [-0.2, -0.15) is 0 Å². The van der Waals surface area contributed by atoms with Gasteiger partial charge in [-0.05, 0) is 0 Å². The zero-order chi connectivity index (χ0) is 25.8. The van der Waals surface area contributed by atoms with E-state index in [-0.39, 0.29) is 94.3 Å². The molecular weight excluding hydrogens is 475 g/mol. The van der Waals surface area contributed by atoms with Gasteiger partial charge < -0.3 is 51.1 Å². The van der Waals surface area contributed by atoms with Gasteiger partial charge in [-0.1, -0.05) is 0 Å². The van der Waals surface area contributed by atoms with Crippen LogP contribution in [-0.4, -0.2) is 205 Å². The van der Waals surface area contributed by atoms with E-state index in [4.69, 9.17) is 99.0 Å². The van der Waals surface area contributed by atoms with Crippen molar-refractivity contribution >= 4 is 154 Å². The zero-order valence-corrected chi connectivity index (χ0v) is 13.6. The van der Waals surface area contributed by atoms with Crippen molar-refractivity contribution in [2.75, 3.05) is 0 Å². The molecule has 0 fully saturated rings. The fourth-order valence-corrected chi connectivity index (χ4v) is 0. The van der Waals surface area contributed by atoms with E-state index >= 15 is 0 Å². The first kappa shape index (κ1) is 63.8. The standard InChI is InChI=1S/5C2H2O4.5Li.5H/c5*3-1(4)2(5)6;;;;;;;;;;/h5*(H,3,4)(H,5,6);;;;;;;;;;. The Labute approximate surface area is 251 Å². The Morgan fingerprint density at radius 1 is 0.200 bits per heavy atom. The summed E-state index contributed by atoms with van der Waals surface area (Å²) in [6.45, 7) is 0. The summed E-state index contributed by atoms with van der Waals surface area (Å²) in [5, 5.41) is 73.9. The van der Waals surface area contributed by atoms with Crippen LogP contribution in [-0.2, 0) is 47.9 Å². The third-order valence-electron chi connectivity index (χ3n) is 0.915. The van der Waals surface area contributed by atoms with Crippen LogP contribution in [0.5, 0.6) is 0 Å². The van der Waals surface area contributed by atoms with Gasteiger partial charge in [0.2, 0.25) is 0 Å². The first-order valence-corrected chi connectivity index (χ1v) is 5.53. The van der Waals surface area contributed by atoms with Crippen molar-refractivity contribution in [3.63, 3.8) is 0 Å². The topological polar surface area (TPSA) is 373 Å². The Hall–Kier alpha value is -2.31. The minimum absolute atomic E-state index is 0. The third-order valence-corrected chi connectivity index (χ3v) is 0.915. The van der Waals surface area contributed by atoms with E-state index in [1.807, 2.05) is 0 Å². The molecule has 0 aromatic carbocycles. The molecule has 0 bridgehead atoms. The van der Waals surface area contributed by atoms with Crippen molar-refractivity contribution < 1.29 is 99.0 Å². The normalized spacial score (nSPS) is 6.29. The van der Waals surface area contributed by atoms with Gasteiger partial charge in [0.1, 0.15) is 0 Å². The summed E-state index contributed by atoms with van der Waals surface area (Å²) in [6.07, 6.45) is 0. The average molecular weight is 490 g/mol. The molecule has 0 aliphatic carbocycles. The molecule has 10 N–H and O–H groups in total. The molecule has 0 aliphatic heterocycles. The Morgan fingerprint density at radius 3 is 0.229 bits per heavy atom. The van der Waals surface area contributed by atoms with Gasteiger partial charge in [-0.3, -0.25) is 0 Å². The molecule has 0 aromatic rings. The molecule has 0 aromatic heterocycles. The van der Waals surface area contributed by atoms with Gasteiger partial charge in [0.05, 0.1) is 0 Å². The van der Waals surface area contributed by atoms with Crippen LogP contribution in [0.25, 0.3) is 0 Å². The van der Waals surface area contributed by atoms with Crippen molar-refractivity contribution in [3.8, 4) is 0 Å². The average Bonchev–Trinajstić information content (AvgIpc) is 2.56. The summed E-state index contributed by atoms with van der Waals surface area (Å²) in [4.78, 5) is 91.0. The van der Waals surface area contributed by atoms with Crippen molar-refractivity contribution in [1.29, 1.82) is 0 Å². The maximum absolute atomic E-state index is 9.10. The molecule has 0 saturated heterocycles. The fraction of sp³-hybridized carbons (Fsp3) is 0. The van der Waals surface area contributed by atoms with Crippen molar-refractivity contribution in [1.82, 2.24) is 0 Å². The van der Waals surface area contributed by atoms with Gasteiger partial charge >= 0.3 is 154 Å². The van der Waals surface area contributed by atoms with E-state index in [1.165, 1.54) is 0 Å². The third kappa shape index (κ3) is 89.3. The SMILES string of the molecule is O=C(O)C(=O)O.O=C(O)C(=O)O.O=C(O)C(=O)O.O=C(O)C(=O)O.O=C(O)C(=O)O.[LiH].[LiH].[LiH].[LiH].[LiH]. The molecule has 0 atom stereocenters. The van der Waals surface area contributed by atoms with Gasteiger partial charge in [-0.25, -0.2) is 47.9 Å². The predicted octanol–water partition coefficient (Wildman–Crippen LogP) is -7.46. The minimum atomic E-state index is -1.82. The van der Waals surface area contributed by atoms with Crippen LogP contribution in [0.3, 0.4) is 0 Å². The van der Waals surface area contributed by atoms with Gasteiger partial charge in [-0.15, -0.1) is 0 Å². The summed E-state index contributed by atoms with van der Waals surface area (Å²) in [5.41, 5.74) is 0. The molecule has 0 heterocycles. The van der Waals surface area contributed by atoms with Gasteiger partial charge in [0.15, 0.2) is 0 Å². The molecule has 0 aliphatic rings. The van der Waals surface area contributed by atoms with Crippen LogP contribution in [0.4, 0.5) is 0 Å². The van der Waals surface area contributed by atoms with E-state index in [9.17, 15) is 0 Å². The molecule has 180 valence electrons. The Balaban J connectivity index is -0.0000000269. The monoisotopic (exact) mass is 490 g/mol. The van der Waals surface area contributed by atoms with Crippen molar-refractivity contribution in [2.45, 2.75) is 0 Å². The molecule has 0 rings (SSSR count). The first-order chi connectivity index (χ1) is 13.2. The second kappa shape index (κ2) is 38.9. The predicted molar refractivity (Wildman–Crippen MR) is 112 cm³/mol. The van der Waals surface area contributed by atoms with E-state index in [0.29, 0.717) is 0 Å². The maximum atomic E-state index is 9.10. The summed E-state index contributed by atoms with van der Waals surface area (Å²) in [6, 6.07) is 0. The number of carboxylic acids is 10. The Bertz CT molecular complexity index is 518. The molecule has 0 saturated carbocycles. The van der Waals surface area contributed by atoms with E-state index in [0.717, 1.165) is 0 Å². The fourth-order valence-electron chi connectivity index (χ4n) is 0. The van der Waals surface area contributed by atoms with Crippen molar-refractivity contribution in [3.05, 3.63) is 0 Å². The Morgan fingerprint density at radius 2 is 0.229 bits per heavy atom. The van der Waals surface area contributed by atoms with E-state index < -0.39 is 59.7 Å². The van der Waals surface area contributed by atoms with Gasteiger partial charge in [0, 0.05) is 0 Å². The van der Waals surface area contributed by atoms with Crippen LogP contribution in [0, 0.1) is 0 Å². The van der Waals surface area contributed by atoms with Crippen LogP contribution < -0.4 is 0 Å². The summed E-state index contributed by atoms with van der Waals surface area (Å²) in [7, 11) is 0. The van der Waals surface area contributed by atoms with Crippen LogP contribution >= 0.6 is 0 Å². The second-order valence-corrected chi connectivity index (χ2v) is 3.05. The number of hydrogen-bond acceptors (Lipinski definition) is 10. The molecule has 0 radical (unpaired) electrons. The molecule has 20 nitrogen and oxygen atoms in total. The molecular formula is C10H15Li5O20. The molecule has 25 heteroatoms. The number of aliphatic carboxylic acids is 10. The number of carboxylic acid groups (broad SMARTS) is 10. The molecule has 35 heavy (non-hydrogen) atoms. The Kier molecular flexibility index (Phi) is 70.9. The molecule has 0 unspecified atom stereocenters. The zero-order valence-electron chi connectivity index (χ0n) is 13.6. The van der Waals surface area contributed by atoms with Crippen LogP contribution in [0.15, 0.2) is 0 Å². The van der Waals surface area contributed by atoms with E-state index in [1.54, 1.807) is 0 Å². The molecule has 0 spiro atoms. The van der Waals surface area contributed by atoms with E-state index in [2.05, 4.69) is 0 Å². The summed E-state index contributed by atoms with van der Waals surface area (Å²) >= 11 is 0. The number of hydrogen-bond donors (Lipinski definition) is 10. The first-order valence-electron chi connectivity index (χ1n) is 5.53. The second-order valence-electron chi connectivity index (χ2n) is 3.05. The van der Waals surface area contributed by atoms with Crippen LogP contribution in [0.1, 0.15) is 0 Å². The number of carbonyl (C=O) groups is 10. The van der Waals surface area contributed by atoms with Gasteiger partial charge in [0.25, 0.3) is 0 Å². The molecule has 0 amide bonds. The number of rotatable bonds is 0. The van der Waals surface area contributed by atoms with Crippen molar-refractivity contribution in [2.24, 2.45) is 0 Å². The quantitative estimate of drug-likeness (QED) is 0.111. The summed E-state index contributed by atoms with van der Waals surface area (Å²) < 4.78 is 0.